The van der Waals surface area contributed by atoms with Gasteiger partial charge in [0.1, 0.15) is 11.4 Å². The van der Waals surface area contributed by atoms with Crippen molar-refractivity contribution in [2.24, 2.45) is 17.8 Å². The maximum absolute atomic E-state index is 14.2. The second-order valence-corrected chi connectivity index (χ2v) is 9.75. The van der Waals surface area contributed by atoms with Crippen LogP contribution in [0, 0.1) is 23.6 Å². The van der Waals surface area contributed by atoms with Crippen LogP contribution in [-0.2, 0) is 11.2 Å². The lowest BCUT2D eigenvalue weighted by Crippen LogP contribution is -2.39. The van der Waals surface area contributed by atoms with E-state index < -0.39 is 5.60 Å². The minimum Gasteiger partial charge on any atom is -0.444 e. The first-order valence-corrected chi connectivity index (χ1v) is 10.6. The molecule has 3 rings (SSSR count). The Bertz CT molecular complexity index is 679. The predicted octanol–water partition coefficient (Wildman–Crippen LogP) is 4.61. The number of hydrogen-bond donors (Lipinski definition) is 1. The van der Waals surface area contributed by atoms with Gasteiger partial charge in [-0.2, -0.15) is 0 Å². The SMILES string of the molecule is CCC(Cc1ccc(Br)cc1F)N1C[C@@H]2[C@@H](CNC(=O)OC(C)(C)C)[C@@H]2C1. The van der Waals surface area contributed by atoms with Crippen molar-refractivity contribution >= 4 is 22.0 Å². The van der Waals surface area contributed by atoms with E-state index in [2.05, 4.69) is 33.1 Å². The van der Waals surface area contributed by atoms with Gasteiger partial charge in [-0.05, 0) is 69.1 Å². The Kier molecular flexibility index (Phi) is 6.16. The highest BCUT2D eigenvalue weighted by atomic mass is 79.9. The molecular weight excluding hydrogens is 411 g/mol. The molecule has 27 heavy (non-hydrogen) atoms. The van der Waals surface area contributed by atoms with Gasteiger partial charge in [-0.1, -0.05) is 28.9 Å². The molecule has 0 bridgehead atoms. The molecule has 1 N–H and O–H groups in total. The number of ether oxygens (including phenoxy) is 1. The fourth-order valence-electron chi connectivity index (χ4n) is 4.27. The summed E-state index contributed by atoms with van der Waals surface area (Å²) in [6.45, 7) is 10.6. The van der Waals surface area contributed by atoms with Crippen LogP contribution in [0.2, 0.25) is 0 Å². The number of carbonyl (C=O) groups is 1. The number of rotatable bonds is 6. The summed E-state index contributed by atoms with van der Waals surface area (Å²) in [5.41, 5.74) is 0.325. The average molecular weight is 441 g/mol. The van der Waals surface area contributed by atoms with Gasteiger partial charge in [-0.25, -0.2) is 9.18 Å². The largest absolute Gasteiger partial charge is 0.444 e. The number of hydrogen-bond acceptors (Lipinski definition) is 3. The van der Waals surface area contributed by atoms with Crippen LogP contribution in [0.3, 0.4) is 0 Å². The molecule has 1 saturated heterocycles. The van der Waals surface area contributed by atoms with E-state index in [-0.39, 0.29) is 11.9 Å². The molecule has 4 atom stereocenters. The molecule has 2 aliphatic rings. The normalized spacial score (nSPS) is 25.8. The number of nitrogens with one attached hydrogen (secondary N) is 1. The van der Waals surface area contributed by atoms with E-state index in [1.165, 1.54) is 0 Å². The minimum absolute atomic E-state index is 0.133. The maximum atomic E-state index is 14.2. The molecule has 150 valence electrons. The van der Waals surface area contributed by atoms with E-state index >= 15 is 0 Å². The molecule has 1 aromatic carbocycles. The van der Waals surface area contributed by atoms with E-state index in [0.29, 0.717) is 30.3 Å². The molecule has 4 nitrogen and oxygen atoms in total. The number of carbonyl (C=O) groups excluding carboxylic acids is 1. The van der Waals surface area contributed by atoms with Gasteiger partial charge < -0.3 is 10.1 Å². The monoisotopic (exact) mass is 440 g/mol. The van der Waals surface area contributed by atoms with Crippen LogP contribution in [-0.4, -0.2) is 42.3 Å². The van der Waals surface area contributed by atoms with Crippen LogP contribution < -0.4 is 5.32 Å². The zero-order chi connectivity index (χ0) is 19.8. The lowest BCUT2D eigenvalue weighted by Gasteiger charge is -2.29. The van der Waals surface area contributed by atoms with Gasteiger partial charge >= 0.3 is 6.09 Å². The van der Waals surface area contributed by atoms with Crippen molar-refractivity contribution in [2.75, 3.05) is 19.6 Å². The molecule has 6 heteroatoms. The summed E-state index contributed by atoms with van der Waals surface area (Å²) >= 11 is 3.32. The van der Waals surface area contributed by atoms with Gasteiger partial charge in [-0.15, -0.1) is 0 Å². The van der Waals surface area contributed by atoms with E-state index in [0.717, 1.165) is 36.0 Å². The molecule has 0 aromatic heterocycles. The quantitative estimate of drug-likeness (QED) is 0.701. The topological polar surface area (TPSA) is 41.6 Å². The highest BCUT2D eigenvalue weighted by Gasteiger charge is 2.56. The Labute approximate surface area is 170 Å². The second kappa shape index (κ2) is 8.08. The van der Waals surface area contributed by atoms with E-state index in [9.17, 15) is 9.18 Å². The Morgan fingerprint density at radius 3 is 2.59 bits per heavy atom. The molecular formula is C21H30BrFN2O2. The van der Waals surface area contributed by atoms with Crippen LogP contribution in [0.25, 0.3) is 0 Å². The van der Waals surface area contributed by atoms with Crippen molar-refractivity contribution in [3.8, 4) is 0 Å². The van der Waals surface area contributed by atoms with Crippen molar-refractivity contribution in [3.05, 3.63) is 34.1 Å². The van der Waals surface area contributed by atoms with Crippen molar-refractivity contribution in [1.82, 2.24) is 10.2 Å². The number of fused-ring (bicyclic) bond motifs is 1. The maximum Gasteiger partial charge on any atom is 0.407 e. The lowest BCUT2D eigenvalue weighted by molar-refractivity contribution is 0.0521. The van der Waals surface area contributed by atoms with Crippen LogP contribution in [0.15, 0.2) is 22.7 Å². The number of alkyl carbamates (subject to hydrolysis) is 1. The summed E-state index contributed by atoms with van der Waals surface area (Å²) < 4.78 is 20.3. The first kappa shape index (κ1) is 20.6. The summed E-state index contributed by atoms with van der Waals surface area (Å²) in [5, 5.41) is 2.91. The number of amides is 1. The Morgan fingerprint density at radius 1 is 1.37 bits per heavy atom. The fourth-order valence-corrected chi connectivity index (χ4v) is 4.60. The van der Waals surface area contributed by atoms with E-state index in [4.69, 9.17) is 4.74 Å². The zero-order valence-corrected chi connectivity index (χ0v) is 18.2. The number of piperidine rings is 1. The summed E-state index contributed by atoms with van der Waals surface area (Å²) in [7, 11) is 0. The van der Waals surface area contributed by atoms with Gasteiger partial charge in [0.05, 0.1) is 0 Å². The zero-order valence-electron chi connectivity index (χ0n) is 16.6. The lowest BCUT2D eigenvalue weighted by atomic mass is 10.0. The molecule has 1 saturated carbocycles. The number of nitrogens with zero attached hydrogens (tertiary/aromatic N) is 1. The van der Waals surface area contributed by atoms with Crippen molar-refractivity contribution in [3.63, 3.8) is 0 Å². The number of halogens is 2. The van der Waals surface area contributed by atoms with Crippen LogP contribution in [0.1, 0.15) is 39.7 Å². The first-order chi connectivity index (χ1) is 12.7. The van der Waals surface area contributed by atoms with Crippen LogP contribution in [0.4, 0.5) is 9.18 Å². The first-order valence-electron chi connectivity index (χ1n) is 9.82. The Morgan fingerprint density at radius 2 is 2.04 bits per heavy atom. The number of likely N-dealkylation sites (tertiary alicyclic amines) is 1. The smallest absolute Gasteiger partial charge is 0.407 e. The van der Waals surface area contributed by atoms with Gasteiger partial charge in [0.2, 0.25) is 0 Å². The Balaban J connectivity index is 1.46. The fraction of sp³-hybridized carbons (Fsp3) is 0.667. The van der Waals surface area contributed by atoms with Gasteiger partial charge in [-0.3, -0.25) is 4.90 Å². The third-order valence-electron chi connectivity index (χ3n) is 5.74. The highest BCUT2D eigenvalue weighted by Crippen LogP contribution is 2.52. The molecule has 1 aromatic rings. The van der Waals surface area contributed by atoms with Gasteiger partial charge in [0.15, 0.2) is 0 Å². The van der Waals surface area contributed by atoms with Crippen LogP contribution >= 0.6 is 15.9 Å². The number of benzene rings is 1. The molecule has 0 radical (unpaired) electrons. The molecule has 1 aliphatic heterocycles. The minimum atomic E-state index is -0.461. The highest BCUT2D eigenvalue weighted by molar-refractivity contribution is 9.10. The Hall–Kier alpha value is -1.14. The summed E-state index contributed by atoms with van der Waals surface area (Å²) in [4.78, 5) is 14.3. The van der Waals surface area contributed by atoms with E-state index in [1.54, 1.807) is 6.07 Å². The predicted molar refractivity (Wildman–Crippen MR) is 108 cm³/mol. The molecule has 1 aliphatic carbocycles. The third kappa shape index (κ3) is 5.23. The van der Waals surface area contributed by atoms with Crippen molar-refractivity contribution < 1.29 is 13.9 Å². The second-order valence-electron chi connectivity index (χ2n) is 8.83. The molecule has 0 spiro atoms. The van der Waals surface area contributed by atoms with Crippen molar-refractivity contribution in [1.29, 1.82) is 0 Å². The van der Waals surface area contributed by atoms with Crippen molar-refractivity contribution in [2.45, 2.75) is 52.2 Å². The van der Waals surface area contributed by atoms with Crippen LogP contribution in [0.5, 0.6) is 0 Å². The average Bonchev–Trinajstić information content (AvgIpc) is 3.01. The summed E-state index contributed by atoms with van der Waals surface area (Å²) in [5.74, 6) is 1.70. The summed E-state index contributed by atoms with van der Waals surface area (Å²) in [6, 6.07) is 5.70. The van der Waals surface area contributed by atoms with E-state index in [1.807, 2.05) is 32.9 Å². The summed E-state index contributed by atoms with van der Waals surface area (Å²) in [6.07, 6.45) is 1.42. The third-order valence-corrected chi connectivity index (χ3v) is 6.23. The molecule has 1 amide bonds. The molecule has 1 unspecified atom stereocenters. The van der Waals surface area contributed by atoms with Gasteiger partial charge in [0.25, 0.3) is 0 Å². The van der Waals surface area contributed by atoms with Gasteiger partial charge in [0, 0.05) is 30.1 Å². The molecule has 2 fully saturated rings. The standard InChI is InChI=1S/C21H30BrFN2O2/c1-5-15(8-13-6-7-14(22)9-19(13)23)25-11-17-16(18(17)12-25)10-24-20(26)27-21(2,3)4/h6-7,9,15-18H,5,8,10-12H2,1-4H3,(H,24,26)/t15?,16-,17-,18+. The molecule has 1 heterocycles.